The molecule has 0 aromatic carbocycles. The first kappa shape index (κ1) is 9.63. The number of hydrogen-bond acceptors (Lipinski definition) is 2. The minimum atomic E-state index is 0.167. The zero-order valence-electron chi connectivity index (χ0n) is 7.18. The van der Waals surface area contributed by atoms with Gasteiger partial charge in [-0.3, -0.25) is 0 Å². The molecule has 10 heavy (non-hydrogen) atoms. The van der Waals surface area contributed by atoms with E-state index in [9.17, 15) is 4.79 Å². The summed E-state index contributed by atoms with van der Waals surface area (Å²) >= 11 is 0. The van der Waals surface area contributed by atoms with Crippen LogP contribution in [0.2, 0.25) is 0 Å². The van der Waals surface area contributed by atoms with E-state index in [1.54, 1.807) is 0 Å². The van der Waals surface area contributed by atoms with Crippen LogP contribution in [0.25, 0.3) is 0 Å². The predicted molar refractivity (Wildman–Crippen MR) is 43.1 cm³/mol. The Morgan fingerprint density at radius 3 is 1.60 bits per heavy atom. The lowest BCUT2D eigenvalue weighted by molar-refractivity contribution is -0.114. The highest BCUT2D eigenvalue weighted by molar-refractivity contribution is 5.72. The first-order chi connectivity index (χ1) is 4.63. The van der Waals surface area contributed by atoms with Gasteiger partial charge >= 0.3 is 0 Å². The predicted octanol–water partition coefficient (Wildman–Crippen LogP) is 1.31. The summed E-state index contributed by atoms with van der Waals surface area (Å²) in [7, 11) is 2.17. The molecule has 1 aliphatic heterocycles. The molecule has 60 valence electrons. The maximum atomic E-state index is 9.44. The molecule has 0 N–H and O–H groups in total. The molecule has 1 fully saturated rings. The van der Waals surface area contributed by atoms with E-state index in [0.717, 1.165) is 0 Å². The second-order valence-electron chi connectivity index (χ2n) is 2.92. The molecular formula is C8H17NO. The standard InChI is InChI=1S/C5H11N.C3H6O/c1-6-4-2-3-5-6;1-3(2)4/h2-5H2,1H3;1-2H3. The molecule has 0 aromatic rings. The van der Waals surface area contributed by atoms with Crippen LogP contribution < -0.4 is 0 Å². The van der Waals surface area contributed by atoms with Gasteiger partial charge < -0.3 is 9.69 Å². The lowest BCUT2D eigenvalue weighted by atomic mass is 10.4. The number of rotatable bonds is 0. The highest BCUT2D eigenvalue weighted by Crippen LogP contribution is 2.01. The van der Waals surface area contributed by atoms with Gasteiger partial charge in [0.2, 0.25) is 0 Å². The SMILES string of the molecule is CC(C)=O.CN1CCCC1. The van der Waals surface area contributed by atoms with Crippen LogP contribution in [0.1, 0.15) is 26.7 Å². The molecule has 1 rings (SSSR count). The Morgan fingerprint density at radius 1 is 1.20 bits per heavy atom. The number of hydrogen-bond donors (Lipinski definition) is 0. The minimum absolute atomic E-state index is 0.167. The van der Waals surface area contributed by atoms with E-state index in [2.05, 4.69) is 11.9 Å². The number of likely N-dealkylation sites (tertiary alicyclic amines) is 1. The number of carbonyl (C=O) groups excluding carboxylic acids is 1. The van der Waals surface area contributed by atoms with Crippen molar-refractivity contribution in [3.8, 4) is 0 Å². The van der Waals surface area contributed by atoms with Crippen molar-refractivity contribution in [2.24, 2.45) is 0 Å². The van der Waals surface area contributed by atoms with Crippen LogP contribution in [0.15, 0.2) is 0 Å². The highest BCUT2D eigenvalue weighted by atomic mass is 16.1. The fraction of sp³-hybridized carbons (Fsp3) is 0.875. The van der Waals surface area contributed by atoms with E-state index in [1.165, 1.54) is 39.8 Å². The summed E-state index contributed by atoms with van der Waals surface area (Å²) in [6, 6.07) is 0. The molecule has 0 saturated carbocycles. The second-order valence-corrected chi connectivity index (χ2v) is 2.92. The molecule has 0 aromatic heterocycles. The summed E-state index contributed by atoms with van der Waals surface area (Å²) < 4.78 is 0. The summed E-state index contributed by atoms with van der Waals surface area (Å²) in [4.78, 5) is 11.8. The average molecular weight is 143 g/mol. The Hall–Kier alpha value is -0.370. The van der Waals surface area contributed by atoms with Gasteiger partial charge in [0.1, 0.15) is 5.78 Å². The fourth-order valence-corrected chi connectivity index (χ4v) is 0.875. The second kappa shape index (κ2) is 5.42. The number of Topliss-reactive ketones (excluding diaryl/α,β-unsaturated/α-hetero) is 1. The molecule has 2 heteroatoms. The van der Waals surface area contributed by atoms with Crippen molar-refractivity contribution in [2.45, 2.75) is 26.7 Å². The molecule has 0 aliphatic carbocycles. The third-order valence-electron chi connectivity index (χ3n) is 1.33. The van der Waals surface area contributed by atoms with Crippen molar-refractivity contribution in [2.75, 3.05) is 20.1 Å². The van der Waals surface area contributed by atoms with Gasteiger partial charge in [-0.15, -0.1) is 0 Å². The van der Waals surface area contributed by atoms with E-state index in [0.29, 0.717) is 0 Å². The molecule has 0 unspecified atom stereocenters. The molecule has 1 saturated heterocycles. The topological polar surface area (TPSA) is 20.3 Å². The number of ketones is 1. The van der Waals surface area contributed by atoms with E-state index in [-0.39, 0.29) is 5.78 Å². The fourth-order valence-electron chi connectivity index (χ4n) is 0.875. The van der Waals surface area contributed by atoms with E-state index >= 15 is 0 Å². The van der Waals surface area contributed by atoms with Crippen LogP contribution >= 0.6 is 0 Å². The lowest BCUT2D eigenvalue weighted by Gasteiger charge is -2.01. The van der Waals surface area contributed by atoms with Crippen molar-refractivity contribution < 1.29 is 4.79 Å². The van der Waals surface area contributed by atoms with Crippen LogP contribution in [-0.2, 0) is 4.79 Å². The number of nitrogens with zero attached hydrogens (tertiary/aromatic N) is 1. The first-order valence-corrected chi connectivity index (χ1v) is 3.78. The maximum Gasteiger partial charge on any atom is 0.126 e. The van der Waals surface area contributed by atoms with Crippen LogP contribution in [0.5, 0.6) is 0 Å². The zero-order chi connectivity index (χ0) is 7.98. The third kappa shape index (κ3) is 7.63. The zero-order valence-corrected chi connectivity index (χ0v) is 7.18. The molecule has 0 spiro atoms. The average Bonchev–Trinajstić information content (AvgIpc) is 2.15. The Kier molecular flexibility index (Phi) is 5.22. The summed E-state index contributed by atoms with van der Waals surface area (Å²) in [5.41, 5.74) is 0. The number of carbonyl (C=O) groups is 1. The molecular weight excluding hydrogens is 126 g/mol. The summed E-state index contributed by atoms with van der Waals surface area (Å²) in [6.45, 7) is 5.69. The highest BCUT2D eigenvalue weighted by Gasteiger charge is 2.03. The van der Waals surface area contributed by atoms with Gasteiger partial charge in [0.25, 0.3) is 0 Å². The van der Waals surface area contributed by atoms with Gasteiger partial charge in [-0.25, -0.2) is 0 Å². The molecule has 0 atom stereocenters. The maximum absolute atomic E-state index is 9.44. The van der Waals surface area contributed by atoms with Gasteiger partial charge in [-0.05, 0) is 46.8 Å². The third-order valence-corrected chi connectivity index (χ3v) is 1.33. The van der Waals surface area contributed by atoms with Crippen LogP contribution in [-0.4, -0.2) is 30.8 Å². The van der Waals surface area contributed by atoms with E-state index in [4.69, 9.17) is 0 Å². The van der Waals surface area contributed by atoms with E-state index < -0.39 is 0 Å². The van der Waals surface area contributed by atoms with Gasteiger partial charge in [-0.2, -0.15) is 0 Å². The Labute approximate surface area is 63.2 Å². The summed E-state index contributed by atoms with van der Waals surface area (Å²) in [6.07, 6.45) is 2.83. The molecule has 1 heterocycles. The Balaban J connectivity index is 0.000000180. The van der Waals surface area contributed by atoms with Gasteiger partial charge in [0.05, 0.1) is 0 Å². The lowest BCUT2D eigenvalue weighted by Crippen LogP contribution is -2.10. The van der Waals surface area contributed by atoms with Crippen molar-refractivity contribution in [1.29, 1.82) is 0 Å². The molecule has 1 aliphatic rings. The van der Waals surface area contributed by atoms with Gasteiger partial charge in [0.15, 0.2) is 0 Å². The molecule has 0 amide bonds. The van der Waals surface area contributed by atoms with Crippen molar-refractivity contribution in [3.05, 3.63) is 0 Å². The van der Waals surface area contributed by atoms with Gasteiger partial charge in [0, 0.05) is 0 Å². The van der Waals surface area contributed by atoms with Crippen LogP contribution in [0.3, 0.4) is 0 Å². The molecule has 0 radical (unpaired) electrons. The first-order valence-electron chi connectivity index (χ1n) is 3.78. The monoisotopic (exact) mass is 143 g/mol. The summed E-state index contributed by atoms with van der Waals surface area (Å²) in [5, 5.41) is 0. The van der Waals surface area contributed by atoms with Crippen LogP contribution in [0, 0.1) is 0 Å². The molecule has 0 bridgehead atoms. The Bertz CT molecular complexity index is 91.4. The Morgan fingerprint density at radius 2 is 1.50 bits per heavy atom. The normalized spacial score (nSPS) is 17.9. The smallest absolute Gasteiger partial charge is 0.126 e. The summed E-state index contributed by atoms with van der Waals surface area (Å²) in [5.74, 6) is 0.167. The minimum Gasteiger partial charge on any atom is -0.306 e. The van der Waals surface area contributed by atoms with E-state index in [1.807, 2.05) is 0 Å². The molecule has 2 nitrogen and oxygen atoms in total. The van der Waals surface area contributed by atoms with Crippen molar-refractivity contribution in [1.82, 2.24) is 4.90 Å². The quantitative estimate of drug-likeness (QED) is 0.509. The van der Waals surface area contributed by atoms with Crippen molar-refractivity contribution >= 4 is 5.78 Å². The van der Waals surface area contributed by atoms with Crippen molar-refractivity contribution in [3.63, 3.8) is 0 Å². The van der Waals surface area contributed by atoms with Crippen LogP contribution in [0.4, 0.5) is 0 Å². The largest absolute Gasteiger partial charge is 0.306 e. The van der Waals surface area contributed by atoms with Gasteiger partial charge in [-0.1, -0.05) is 0 Å².